The number of aromatic amines is 1. The summed E-state index contributed by atoms with van der Waals surface area (Å²) in [5.41, 5.74) is 4.86. The predicted octanol–water partition coefficient (Wildman–Crippen LogP) is 5.41. The van der Waals surface area contributed by atoms with E-state index in [4.69, 9.17) is 16.6 Å². The Hall–Kier alpha value is -4.21. The lowest BCUT2D eigenvalue weighted by Crippen LogP contribution is -2.34. The topological polar surface area (TPSA) is 115 Å². The zero-order valence-electron chi connectivity index (χ0n) is 23.4. The first-order chi connectivity index (χ1) is 19.8. The maximum Gasteiger partial charge on any atom is 0.251 e. The van der Waals surface area contributed by atoms with Gasteiger partial charge in [0.15, 0.2) is 0 Å². The number of rotatable bonds is 9. The standard InChI is InChI=1S/C31H34ClN7O2/c1-19-28(24-7-4-5-8-26(24)34-19)29-25(32)18-33-31(38-29)37-23-15-14-22(17-23)36-30(41)20-10-12-21(13-11-20)35-27(40)9-6-16-39(2)3/h4-13,18,22-23,34H,14-17H2,1-3H3,(H,35,40)(H,36,41)(H,33,37,38)/b9-6+. The van der Waals surface area contributed by atoms with E-state index in [-0.39, 0.29) is 23.9 Å². The Morgan fingerprint density at radius 1 is 1.10 bits per heavy atom. The van der Waals surface area contributed by atoms with Gasteiger partial charge in [0.2, 0.25) is 11.9 Å². The number of benzene rings is 2. The molecule has 2 unspecified atom stereocenters. The molecule has 2 aromatic heterocycles. The van der Waals surface area contributed by atoms with E-state index in [1.54, 1.807) is 36.5 Å². The van der Waals surface area contributed by atoms with Gasteiger partial charge in [0, 0.05) is 58.1 Å². The number of para-hydroxylation sites is 1. The van der Waals surface area contributed by atoms with E-state index in [9.17, 15) is 9.59 Å². The van der Waals surface area contributed by atoms with Gasteiger partial charge in [0.1, 0.15) is 0 Å². The summed E-state index contributed by atoms with van der Waals surface area (Å²) >= 11 is 6.54. The van der Waals surface area contributed by atoms with Crippen molar-refractivity contribution in [1.82, 2.24) is 25.2 Å². The third-order valence-corrected chi connectivity index (χ3v) is 7.41. The lowest BCUT2D eigenvalue weighted by atomic mass is 10.1. The van der Waals surface area contributed by atoms with Crippen LogP contribution in [-0.4, -0.2) is 64.4 Å². The summed E-state index contributed by atoms with van der Waals surface area (Å²) in [5, 5.41) is 10.9. The highest BCUT2D eigenvalue weighted by Crippen LogP contribution is 2.35. The summed E-state index contributed by atoms with van der Waals surface area (Å²) in [6.07, 6.45) is 7.41. The summed E-state index contributed by atoms with van der Waals surface area (Å²) in [6, 6.07) is 15.1. The Bertz CT molecular complexity index is 1580. The first-order valence-corrected chi connectivity index (χ1v) is 14.0. The Morgan fingerprint density at radius 3 is 2.63 bits per heavy atom. The Labute approximate surface area is 244 Å². The summed E-state index contributed by atoms with van der Waals surface area (Å²) in [5.74, 6) is 0.168. The highest BCUT2D eigenvalue weighted by molar-refractivity contribution is 6.33. The third kappa shape index (κ3) is 6.93. The van der Waals surface area contributed by atoms with Crippen molar-refractivity contribution in [1.29, 1.82) is 0 Å². The number of hydrogen-bond acceptors (Lipinski definition) is 6. The average molecular weight is 572 g/mol. The number of amides is 2. The molecule has 41 heavy (non-hydrogen) atoms. The smallest absolute Gasteiger partial charge is 0.251 e. The molecule has 0 aliphatic heterocycles. The van der Waals surface area contributed by atoms with E-state index in [2.05, 4.69) is 32.0 Å². The molecule has 2 heterocycles. The van der Waals surface area contributed by atoms with E-state index >= 15 is 0 Å². The van der Waals surface area contributed by atoms with Crippen LogP contribution < -0.4 is 16.0 Å². The van der Waals surface area contributed by atoms with Crippen LogP contribution in [0, 0.1) is 6.92 Å². The van der Waals surface area contributed by atoms with E-state index < -0.39 is 0 Å². The number of halogens is 1. The summed E-state index contributed by atoms with van der Waals surface area (Å²) < 4.78 is 0. The van der Waals surface area contributed by atoms with Crippen molar-refractivity contribution in [3.8, 4) is 11.3 Å². The molecular formula is C31H34ClN7O2. The number of likely N-dealkylation sites (N-methyl/N-ethyl adjacent to an activating group) is 1. The summed E-state index contributed by atoms with van der Waals surface area (Å²) in [4.78, 5) is 39.5. The normalized spacial score (nSPS) is 16.9. The van der Waals surface area contributed by atoms with Crippen molar-refractivity contribution in [2.45, 2.75) is 38.3 Å². The van der Waals surface area contributed by atoms with Gasteiger partial charge < -0.3 is 25.8 Å². The molecule has 2 atom stereocenters. The molecule has 10 heteroatoms. The molecule has 2 amide bonds. The van der Waals surface area contributed by atoms with Crippen LogP contribution in [0.5, 0.6) is 0 Å². The lowest BCUT2D eigenvalue weighted by Gasteiger charge is -2.16. The molecule has 1 saturated carbocycles. The fraction of sp³-hybridized carbons (Fsp3) is 0.290. The minimum Gasteiger partial charge on any atom is -0.358 e. The van der Waals surface area contributed by atoms with Gasteiger partial charge in [-0.25, -0.2) is 9.97 Å². The van der Waals surface area contributed by atoms with Gasteiger partial charge in [-0.15, -0.1) is 0 Å². The lowest BCUT2D eigenvalue weighted by molar-refractivity contribution is -0.111. The molecule has 5 rings (SSSR count). The molecular weight excluding hydrogens is 538 g/mol. The maximum atomic E-state index is 12.9. The molecule has 1 fully saturated rings. The van der Waals surface area contributed by atoms with E-state index in [0.717, 1.165) is 41.4 Å². The number of nitrogens with zero attached hydrogens (tertiary/aromatic N) is 3. The van der Waals surface area contributed by atoms with Gasteiger partial charge >= 0.3 is 0 Å². The van der Waals surface area contributed by atoms with Gasteiger partial charge in [-0.1, -0.05) is 35.9 Å². The SMILES string of the molecule is Cc1[nH]c2ccccc2c1-c1nc(NC2CCC(NC(=O)c3ccc(NC(=O)/C=C/CN(C)C)cc3)C2)ncc1Cl. The van der Waals surface area contributed by atoms with Crippen LogP contribution in [0.1, 0.15) is 35.3 Å². The molecule has 212 valence electrons. The molecule has 0 spiro atoms. The molecule has 0 saturated heterocycles. The largest absolute Gasteiger partial charge is 0.358 e. The molecule has 0 radical (unpaired) electrons. The Balaban J connectivity index is 1.17. The molecule has 4 N–H and O–H groups in total. The van der Waals surface area contributed by atoms with Crippen molar-refractivity contribution in [3.05, 3.63) is 83.2 Å². The summed E-state index contributed by atoms with van der Waals surface area (Å²) in [7, 11) is 3.87. The Morgan fingerprint density at radius 2 is 1.85 bits per heavy atom. The number of carbonyl (C=O) groups excluding carboxylic acids is 2. The van der Waals surface area contributed by atoms with E-state index in [0.29, 0.717) is 34.5 Å². The number of aryl methyl sites for hydroxylation is 1. The van der Waals surface area contributed by atoms with Crippen LogP contribution in [0.15, 0.2) is 66.9 Å². The second-order valence-electron chi connectivity index (χ2n) is 10.6. The average Bonchev–Trinajstić information content (AvgIpc) is 3.52. The maximum absolute atomic E-state index is 12.9. The first-order valence-electron chi connectivity index (χ1n) is 13.7. The number of nitrogens with one attached hydrogen (secondary N) is 4. The number of carbonyl (C=O) groups is 2. The van der Waals surface area contributed by atoms with Gasteiger partial charge in [0.25, 0.3) is 5.91 Å². The fourth-order valence-electron chi connectivity index (χ4n) is 5.15. The van der Waals surface area contributed by atoms with Crippen LogP contribution in [-0.2, 0) is 4.79 Å². The number of aromatic nitrogens is 3. The second kappa shape index (κ2) is 12.5. The third-order valence-electron chi connectivity index (χ3n) is 7.13. The van der Waals surface area contributed by atoms with Gasteiger partial charge in [0.05, 0.1) is 16.9 Å². The highest BCUT2D eigenvalue weighted by atomic mass is 35.5. The minimum atomic E-state index is -0.207. The molecule has 2 aromatic carbocycles. The monoisotopic (exact) mass is 571 g/mol. The van der Waals surface area contributed by atoms with E-state index in [1.807, 2.05) is 44.1 Å². The van der Waals surface area contributed by atoms with Gasteiger partial charge in [-0.3, -0.25) is 9.59 Å². The molecule has 1 aliphatic rings. The molecule has 0 bridgehead atoms. The van der Waals surface area contributed by atoms with Crippen LogP contribution >= 0.6 is 11.6 Å². The zero-order valence-corrected chi connectivity index (χ0v) is 24.1. The van der Waals surface area contributed by atoms with Crippen LogP contribution in [0.3, 0.4) is 0 Å². The van der Waals surface area contributed by atoms with Crippen molar-refractivity contribution < 1.29 is 9.59 Å². The second-order valence-corrected chi connectivity index (χ2v) is 11.0. The van der Waals surface area contributed by atoms with Gasteiger partial charge in [-0.05, 0) is 70.6 Å². The number of fused-ring (bicyclic) bond motifs is 1. The first kappa shape index (κ1) is 28.3. The fourth-order valence-corrected chi connectivity index (χ4v) is 5.33. The minimum absolute atomic E-state index is 0.0313. The van der Waals surface area contributed by atoms with Crippen molar-refractivity contribution in [2.24, 2.45) is 0 Å². The van der Waals surface area contributed by atoms with Crippen molar-refractivity contribution in [3.63, 3.8) is 0 Å². The quantitative estimate of drug-likeness (QED) is 0.200. The highest BCUT2D eigenvalue weighted by Gasteiger charge is 2.27. The number of anilines is 2. The van der Waals surface area contributed by atoms with Crippen molar-refractivity contribution in [2.75, 3.05) is 31.3 Å². The van der Waals surface area contributed by atoms with Crippen LogP contribution in [0.2, 0.25) is 5.02 Å². The summed E-state index contributed by atoms with van der Waals surface area (Å²) in [6.45, 7) is 2.70. The van der Waals surface area contributed by atoms with Crippen LogP contribution in [0.25, 0.3) is 22.2 Å². The molecule has 4 aromatic rings. The molecule has 1 aliphatic carbocycles. The number of H-pyrrole nitrogens is 1. The van der Waals surface area contributed by atoms with Crippen molar-refractivity contribution >= 4 is 46.0 Å². The molecule has 9 nitrogen and oxygen atoms in total. The Kier molecular flexibility index (Phi) is 8.66. The van der Waals surface area contributed by atoms with E-state index in [1.165, 1.54) is 6.08 Å². The number of hydrogen-bond donors (Lipinski definition) is 4. The predicted molar refractivity (Wildman–Crippen MR) is 164 cm³/mol. The van der Waals surface area contributed by atoms with Gasteiger partial charge in [-0.2, -0.15) is 0 Å². The van der Waals surface area contributed by atoms with Crippen LogP contribution in [0.4, 0.5) is 11.6 Å². The zero-order chi connectivity index (χ0) is 28.9.